The lowest BCUT2D eigenvalue weighted by Gasteiger charge is -2.56. The Morgan fingerprint density at radius 3 is 2.62 bits per heavy atom. The van der Waals surface area contributed by atoms with E-state index in [0.29, 0.717) is 11.5 Å². The minimum Gasteiger partial charge on any atom is -0.442 e. The van der Waals surface area contributed by atoms with Crippen molar-refractivity contribution in [3.63, 3.8) is 0 Å². The van der Waals surface area contributed by atoms with Gasteiger partial charge in [0.1, 0.15) is 0 Å². The monoisotopic (exact) mass is 352 g/mol. The van der Waals surface area contributed by atoms with Crippen molar-refractivity contribution in [1.82, 2.24) is 0 Å². The number of fused-ring (bicyclic) bond motifs is 5. The van der Waals surface area contributed by atoms with E-state index in [-0.39, 0.29) is 11.4 Å². The SMILES string of the molecule is C#C[C@]1(OC(=O)C(=C)C)CC[C@H]2[C@@H]3CCC4CC=CC[C@@H]4[C@H]3CC[C@@]21C. The van der Waals surface area contributed by atoms with Crippen molar-refractivity contribution in [1.29, 1.82) is 0 Å². The van der Waals surface area contributed by atoms with Gasteiger partial charge in [-0.1, -0.05) is 31.6 Å². The van der Waals surface area contributed by atoms with E-state index in [4.69, 9.17) is 11.2 Å². The van der Waals surface area contributed by atoms with Gasteiger partial charge in [-0.3, -0.25) is 0 Å². The summed E-state index contributed by atoms with van der Waals surface area (Å²) in [4.78, 5) is 12.3. The second kappa shape index (κ2) is 6.29. The molecule has 0 heterocycles. The molecule has 26 heavy (non-hydrogen) atoms. The predicted octanol–water partition coefficient (Wildman–Crippen LogP) is 5.30. The zero-order valence-corrected chi connectivity index (χ0v) is 16.3. The van der Waals surface area contributed by atoms with Gasteiger partial charge in [0.2, 0.25) is 0 Å². The van der Waals surface area contributed by atoms with Crippen molar-refractivity contribution in [2.75, 3.05) is 0 Å². The van der Waals surface area contributed by atoms with Crippen LogP contribution in [0.3, 0.4) is 0 Å². The van der Waals surface area contributed by atoms with Crippen LogP contribution in [0.4, 0.5) is 0 Å². The molecule has 0 radical (unpaired) electrons. The first-order valence-corrected chi connectivity index (χ1v) is 10.4. The van der Waals surface area contributed by atoms with Crippen LogP contribution in [0.5, 0.6) is 0 Å². The Balaban J connectivity index is 1.62. The maximum atomic E-state index is 12.3. The normalized spacial score (nSPS) is 46.4. The molecule has 0 saturated heterocycles. The third-order valence-electron chi connectivity index (χ3n) is 8.50. The van der Waals surface area contributed by atoms with E-state index < -0.39 is 5.60 Å². The van der Waals surface area contributed by atoms with Gasteiger partial charge in [-0.15, -0.1) is 6.42 Å². The van der Waals surface area contributed by atoms with E-state index in [9.17, 15) is 4.79 Å². The van der Waals surface area contributed by atoms with Crippen LogP contribution in [-0.2, 0) is 9.53 Å². The number of terminal acetylenes is 1. The summed E-state index contributed by atoms with van der Waals surface area (Å²) < 4.78 is 5.98. The number of carbonyl (C=O) groups excluding carboxylic acids is 1. The number of rotatable bonds is 2. The molecule has 0 aromatic carbocycles. The van der Waals surface area contributed by atoms with Crippen LogP contribution in [-0.4, -0.2) is 11.6 Å². The highest BCUT2D eigenvalue weighted by molar-refractivity contribution is 5.87. The van der Waals surface area contributed by atoms with E-state index in [2.05, 4.69) is 31.6 Å². The Bertz CT molecular complexity index is 683. The van der Waals surface area contributed by atoms with Gasteiger partial charge in [0.15, 0.2) is 5.60 Å². The highest BCUT2D eigenvalue weighted by Gasteiger charge is 2.64. The van der Waals surface area contributed by atoms with Crippen LogP contribution < -0.4 is 0 Å². The molecule has 4 rings (SSSR count). The molecule has 3 saturated carbocycles. The number of ether oxygens (including phenoxy) is 1. The molecule has 0 spiro atoms. The summed E-state index contributed by atoms with van der Waals surface area (Å²) in [5.74, 6) is 6.56. The molecule has 2 nitrogen and oxygen atoms in total. The first kappa shape index (κ1) is 17.9. The summed E-state index contributed by atoms with van der Waals surface area (Å²) in [5.41, 5.74) is -0.400. The summed E-state index contributed by atoms with van der Waals surface area (Å²) in [5, 5.41) is 0. The van der Waals surface area contributed by atoms with Crippen LogP contribution in [0.1, 0.15) is 65.2 Å². The van der Waals surface area contributed by atoms with Gasteiger partial charge in [-0.05, 0) is 87.9 Å². The molecule has 3 fully saturated rings. The van der Waals surface area contributed by atoms with Gasteiger partial charge in [-0.25, -0.2) is 4.79 Å². The Kier molecular flexibility index (Phi) is 4.33. The van der Waals surface area contributed by atoms with E-state index in [1.165, 1.54) is 32.1 Å². The quantitative estimate of drug-likeness (QED) is 0.292. The van der Waals surface area contributed by atoms with Gasteiger partial charge >= 0.3 is 5.97 Å². The average molecular weight is 353 g/mol. The molecular weight excluding hydrogens is 320 g/mol. The van der Waals surface area contributed by atoms with E-state index in [1.807, 2.05) is 0 Å². The molecule has 7 atom stereocenters. The summed E-state index contributed by atoms with van der Waals surface area (Å²) in [6.07, 6.45) is 20.3. The molecule has 4 aliphatic carbocycles. The fraction of sp³-hybridized carbons (Fsp3) is 0.708. The van der Waals surface area contributed by atoms with Gasteiger partial charge in [-0.2, -0.15) is 0 Å². The number of allylic oxidation sites excluding steroid dienone is 2. The lowest BCUT2D eigenvalue weighted by atomic mass is 9.49. The number of hydrogen-bond acceptors (Lipinski definition) is 2. The molecule has 0 N–H and O–H groups in total. The minimum atomic E-state index is -0.748. The third kappa shape index (κ3) is 2.43. The highest BCUT2D eigenvalue weighted by Crippen LogP contribution is 2.65. The van der Waals surface area contributed by atoms with Crippen molar-refractivity contribution in [2.24, 2.45) is 35.0 Å². The van der Waals surface area contributed by atoms with E-state index in [0.717, 1.165) is 42.9 Å². The zero-order valence-electron chi connectivity index (χ0n) is 16.3. The molecule has 1 unspecified atom stereocenters. The van der Waals surface area contributed by atoms with Crippen molar-refractivity contribution in [3.05, 3.63) is 24.3 Å². The fourth-order valence-corrected chi connectivity index (χ4v) is 7.10. The molecule has 0 aromatic rings. The summed E-state index contributed by atoms with van der Waals surface area (Å²) in [6, 6.07) is 0. The Morgan fingerprint density at radius 2 is 1.88 bits per heavy atom. The molecular formula is C24H32O2. The number of carbonyl (C=O) groups is 1. The maximum Gasteiger partial charge on any atom is 0.334 e. The minimum absolute atomic E-state index is 0.0919. The van der Waals surface area contributed by atoms with Crippen LogP contribution in [0.25, 0.3) is 0 Å². The topological polar surface area (TPSA) is 26.3 Å². The zero-order chi connectivity index (χ0) is 18.5. The third-order valence-corrected chi connectivity index (χ3v) is 8.50. The Labute approximate surface area is 158 Å². The molecule has 0 amide bonds. The van der Waals surface area contributed by atoms with E-state index in [1.54, 1.807) is 6.92 Å². The van der Waals surface area contributed by atoms with Crippen molar-refractivity contribution < 1.29 is 9.53 Å². The highest BCUT2D eigenvalue weighted by atomic mass is 16.6. The lowest BCUT2D eigenvalue weighted by molar-refractivity contribution is -0.167. The van der Waals surface area contributed by atoms with Gasteiger partial charge in [0.25, 0.3) is 0 Å². The largest absolute Gasteiger partial charge is 0.442 e. The van der Waals surface area contributed by atoms with Crippen LogP contribution in [0.15, 0.2) is 24.3 Å². The Hall–Kier alpha value is -1.49. The lowest BCUT2D eigenvalue weighted by Crippen LogP contribution is -2.54. The van der Waals surface area contributed by atoms with Crippen molar-refractivity contribution >= 4 is 5.97 Å². The van der Waals surface area contributed by atoms with Gasteiger partial charge in [0.05, 0.1) is 0 Å². The molecule has 0 aliphatic heterocycles. The fourth-order valence-electron chi connectivity index (χ4n) is 7.10. The van der Waals surface area contributed by atoms with Crippen molar-refractivity contribution in [3.8, 4) is 12.3 Å². The molecule has 0 bridgehead atoms. The first-order valence-electron chi connectivity index (χ1n) is 10.4. The van der Waals surface area contributed by atoms with Crippen LogP contribution >= 0.6 is 0 Å². The number of hydrogen-bond donors (Lipinski definition) is 0. The summed E-state index contributed by atoms with van der Waals surface area (Å²) in [7, 11) is 0. The smallest absolute Gasteiger partial charge is 0.334 e. The van der Waals surface area contributed by atoms with Crippen LogP contribution in [0.2, 0.25) is 0 Å². The van der Waals surface area contributed by atoms with Gasteiger partial charge < -0.3 is 4.74 Å². The number of esters is 1. The average Bonchev–Trinajstić information content (AvgIpc) is 2.94. The molecule has 140 valence electrons. The van der Waals surface area contributed by atoms with Crippen LogP contribution in [0, 0.1) is 47.3 Å². The first-order chi connectivity index (χ1) is 12.4. The van der Waals surface area contributed by atoms with E-state index >= 15 is 0 Å². The van der Waals surface area contributed by atoms with Gasteiger partial charge in [0, 0.05) is 11.0 Å². The predicted molar refractivity (Wildman–Crippen MR) is 104 cm³/mol. The standard InChI is InChI=1S/C24H32O2/c1-5-24(26-22(25)16(2)3)15-13-21-20-11-10-17-8-6-7-9-18(17)19(20)12-14-23(21,24)4/h1,6-7,17-21H,2,8-15H2,3-4H3/t17?,18-,19+,20+,21-,23-,24-/m0/s1. The second-order valence-electron chi connectivity index (χ2n) is 9.51. The Morgan fingerprint density at radius 1 is 1.12 bits per heavy atom. The summed E-state index contributed by atoms with van der Waals surface area (Å²) in [6.45, 7) is 7.76. The molecule has 0 aromatic heterocycles. The maximum absolute atomic E-state index is 12.3. The van der Waals surface area contributed by atoms with Crippen molar-refractivity contribution in [2.45, 2.75) is 70.8 Å². The summed E-state index contributed by atoms with van der Waals surface area (Å²) >= 11 is 0. The molecule has 4 aliphatic rings. The molecule has 2 heteroatoms. The second-order valence-corrected chi connectivity index (χ2v) is 9.51.